The first-order valence-electron chi connectivity index (χ1n) is 7.65. The van der Waals surface area contributed by atoms with Crippen molar-refractivity contribution < 1.29 is 19.1 Å². The minimum atomic E-state index is -0.665. The minimum absolute atomic E-state index is 0.0753. The van der Waals surface area contributed by atoms with Crippen molar-refractivity contribution in [2.45, 2.75) is 6.61 Å². The minimum Gasteiger partial charge on any atom is -0.481 e. The molecule has 1 amide bonds. The summed E-state index contributed by atoms with van der Waals surface area (Å²) in [4.78, 5) is 27.5. The van der Waals surface area contributed by atoms with Crippen molar-refractivity contribution in [2.75, 3.05) is 6.61 Å². The molecule has 0 radical (unpaired) electrons. The first-order valence-corrected chi connectivity index (χ1v) is 7.65. The van der Waals surface area contributed by atoms with Crippen LogP contribution >= 0.6 is 0 Å². The smallest absolute Gasteiger partial charge is 0.344 e. The van der Waals surface area contributed by atoms with Crippen molar-refractivity contribution in [3.05, 3.63) is 71.9 Å². The van der Waals surface area contributed by atoms with Gasteiger partial charge in [-0.25, -0.2) is 9.78 Å². The number of ether oxygens (including phenoxy) is 2. The number of nitrogens with two attached hydrogens (primary N) is 1. The number of nitrogens with zero attached hydrogens (tertiary/aromatic N) is 1. The Labute approximate surface area is 144 Å². The van der Waals surface area contributed by atoms with E-state index in [1.165, 1.54) is 6.07 Å². The van der Waals surface area contributed by atoms with Gasteiger partial charge >= 0.3 is 5.97 Å². The van der Waals surface area contributed by atoms with Gasteiger partial charge < -0.3 is 15.2 Å². The van der Waals surface area contributed by atoms with Crippen LogP contribution in [0.4, 0.5) is 0 Å². The molecule has 0 atom stereocenters. The number of hydrogen-bond acceptors (Lipinski definition) is 5. The normalized spacial score (nSPS) is 10.4. The Morgan fingerprint density at radius 1 is 1.00 bits per heavy atom. The van der Waals surface area contributed by atoms with Gasteiger partial charge in [0.1, 0.15) is 18.1 Å². The molecule has 1 heterocycles. The van der Waals surface area contributed by atoms with E-state index in [1.54, 1.807) is 18.2 Å². The highest BCUT2D eigenvalue weighted by atomic mass is 16.6. The lowest BCUT2D eigenvalue weighted by atomic mass is 10.2. The van der Waals surface area contributed by atoms with Crippen LogP contribution in [0.25, 0.3) is 10.9 Å². The molecule has 0 bridgehead atoms. The van der Waals surface area contributed by atoms with Gasteiger partial charge in [-0.3, -0.25) is 4.79 Å². The molecule has 3 rings (SSSR count). The summed E-state index contributed by atoms with van der Waals surface area (Å²) in [6.07, 6.45) is 0. The SMILES string of the molecule is NC(=O)c1cc(OCC(=O)OCc2ccccc2)c2ccccc2n1. The summed E-state index contributed by atoms with van der Waals surface area (Å²) in [5.74, 6) is -0.816. The number of primary amides is 1. The summed E-state index contributed by atoms with van der Waals surface area (Å²) in [6, 6.07) is 17.9. The number of carbonyl (C=O) groups excluding carboxylic acids is 2. The number of aromatic nitrogens is 1. The Balaban J connectivity index is 1.70. The van der Waals surface area contributed by atoms with Gasteiger partial charge in [-0.2, -0.15) is 0 Å². The van der Waals surface area contributed by atoms with Crippen LogP contribution in [0.1, 0.15) is 16.1 Å². The average molecular weight is 336 g/mol. The van der Waals surface area contributed by atoms with Crippen molar-refractivity contribution in [3.63, 3.8) is 0 Å². The summed E-state index contributed by atoms with van der Waals surface area (Å²) in [6.45, 7) is -0.105. The number of amides is 1. The maximum absolute atomic E-state index is 11.9. The molecular formula is C19H16N2O4. The van der Waals surface area contributed by atoms with Gasteiger partial charge in [0.05, 0.1) is 5.52 Å². The molecule has 0 unspecified atom stereocenters. The van der Waals surface area contributed by atoms with Crippen molar-refractivity contribution in [3.8, 4) is 5.75 Å². The second kappa shape index (κ2) is 7.44. The molecule has 2 N–H and O–H groups in total. The molecule has 3 aromatic rings. The number of para-hydroxylation sites is 1. The molecule has 126 valence electrons. The van der Waals surface area contributed by atoms with E-state index >= 15 is 0 Å². The standard InChI is InChI=1S/C19H16N2O4/c20-19(23)16-10-17(14-8-4-5-9-15(14)21-16)24-12-18(22)25-11-13-6-2-1-3-7-13/h1-10H,11-12H2,(H2,20,23). The van der Waals surface area contributed by atoms with Crippen LogP contribution in [0.15, 0.2) is 60.7 Å². The van der Waals surface area contributed by atoms with Crippen LogP contribution in [0.5, 0.6) is 5.75 Å². The molecule has 25 heavy (non-hydrogen) atoms. The molecular weight excluding hydrogens is 320 g/mol. The highest BCUT2D eigenvalue weighted by Gasteiger charge is 2.12. The van der Waals surface area contributed by atoms with Gasteiger partial charge in [0, 0.05) is 11.5 Å². The van der Waals surface area contributed by atoms with Gasteiger partial charge in [0.2, 0.25) is 0 Å². The maximum atomic E-state index is 11.9. The molecule has 0 aliphatic rings. The molecule has 0 spiro atoms. The quantitative estimate of drug-likeness (QED) is 0.698. The van der Waals surface area contributed by atoms with Crippen LogP contribution in [0.2, 0.25) is 0 Å². The monoisotopic (exact) mass is 336 g/mol. The molecule has 0 saturated heterocycles. The largest absolute Gasteiger partial charge is 0.481 e. The molecule has 1 aromatic heterocycles. The molecule has 0 aliphatic heterocycles. The van der Waals surface area contributed by atoms with E-state index in [9.17, 15) is 9.59 Å². The Bertz CT molecular complexity index is 910. The Kier molecular flexibility index (Phi) is 4.89. The van der Waals surface area contributed by atoms with Crippen LogP contribution in [0, 0.1) is 0 Å². The topological polar surface area (TPSA) is 91.5 Å². The molecule has 6 heteroatoms. The van der Waals surface area contributed by atoms with E-state index in [0.717, 1.165) is 5.56 Å². The number of carbonyl (C=O) groups is 2. The first-order chi connectivity index (χ1) is 12.1. The number of pyridine rings is 1. The third-order valence-electron chi connectivity index (χ3n) is 3.52. The first kappa shape index (κ1) is 16.4. The van der Waals surface area contributed by atoms with E-state index in [-0.39, 0.29) is 18.9 Å². The van der Waals surface area contributed by atoms with Gasteiger partial charge in [0.15, 0.2) is 6.61 Å². The molecule has 6 nitrogen and oxygen atoms in total. The Morgan fingerprint density at radius 2 is 1.72 bits per heavy atom. The van der Waals surface area contributed by atoms with E-state index in [4.69, 9.17) is 15.2 Å². The van der Waals surface area contributed by atoms with Crippen molar-refractivity contribution in [2.24, 2.45) is 5.73 Å². The van der Waals surface area contributed by atoms with Crippen molar-refractivity contribution >= 4 is 22.8 Å². The summed E-state index contributed by atoms with van der Waals surface area (Å²) in [7, 11) is 0. The second-order valence-corrected chi connectivity index (χ2v) is 5.32. The van der Waals surface area contributed by atoms with E-state index in [0.29, 0.717) is 16.7 Å². The van der Waals surface area contributed by atoms with E-state index in [1.807, 2.05) is 36.4 Å². The number of rotatable bonds is 6. The molecule has 0 aliphatic carbocycles. The zero-order valence-corrected chi connectivity index (χ0v) is 13.3. The molecule has 0 saturated carbocycles. The van der Waals surface area contributed by atoms with E-state index in [2.05, 4.69) is 4.98 Å². The number of benzene rings is 2. The third kappa shape index (κ3) is 4.11. The highest BCUT2D eigenvalue weighted by molar-refractivity contribution is 5.96. The highest BCUT2D eigenvalue weighted by Crippen LogP contribution is 2.25. The number of esters is 1. The van der Waals surface area contributed by atoms with Crippen LogP contribution in [0.3, 0.4) is 0 Å². The van der Waals surface area contributed by atoms with Crippen molar-refractivity contribution in [1.29, 1.82) is 0 Å². The Morgan fingerprint density at radius 3 is 2.48 bits per heavy atom. The Hall–Kier alpha value is -3.41. The lowest BCUT2D eigenvalue weighted by molar-refractivity contribution is -0.147. The zero-order chi connectivity index (χ0) is 17.6. The summed E-state index contributed by atoms with van der Waals surface area (Å²) < 4.78 is 10.7. The molecule has 2 aromatic carbocycles. The average Bonchev–Trinajstić information content (AvgIpc) is 2.65. The maximum Gasteiger partial charge on any atom is 0.344 e. The van der Waals surface area contributed by atoms with Crippen molar-refractivity contribution in [1.82, 2.24) is 4.98 Å². The van der Waals surface area contributed by atoms with Gasteiger partial charge in [-0.05, 0) is 17.7 Å². The van der Waals surface area contributed by atoms with E-state index < -0.39 is 11.9 Å². The van der Waals surface area contributed by atoms with Gasteiger partial charge in [0.25, 0.3) is 5.91 Å². The van der Waals surface area contributed by atoms with Crippen LogP contribution in [-0.2, 0) is 16.1 Å². The van der Waals surface area contributed by atoms with Gasteiger partial charge in [-0.1, -0.05) is 42.5 Å². The van der Waals surface area contributed by atoms with Crippen LogP contribution < -0.4 is 10.5 Å². The lowest BCUT2D eigenvalue weighted by Gasteiger charge is -2.10. The lowest BCUT2D eigenvalue weighted by Crippen LogP contribution is -2.16. The predicted molar refractivity (Wildman–Crippen MR) is 92.0 cm³/mol. The third-order valence-corrected chi connectivity index (χ3v) is 3.52. The summed E-state index contributed by atoms with van der Waals surface area (Å²) in [5, 5.41) is 0.684. The molecule has 0 fully saturated rings. The fourth-order valence-corrected chi connectivity index (χ4v) is 2.31. The predicted octanol–water partition coefficient (Wildman–Crippen LogP) is 2.46. The second-order valence-electron chi connectivity index (χ2n) is 5.32. The van der Waals surface area contributed by atoms with Crippen LogP contribution in [-0.4, -0.2) is 23.5 Å². The summed E-state index contributed by atoms with van der Waals surface area (Å²) in [5.41, 5.74) is 6.82. The van der Waals surface area contributed by atoms with Gasteiger partial charge in [-0.15, -0.1) is 0 Å². The zero-order valence-electron chi connectivity index (χ0n) is 13.3. The fourth-order valence-electron chi connectivity index (χ4n) is 2.31. The fraction of sp³-hybridized carbons (Fsp3) is 0.105. The number of fused-ring (bicyclic) bond motifs is 1. The summed E-state index contributed by atoms with van der Waals surface area (Å²) >= 11 is 0. The number of hydrogen-bond donors (Lipinski definition) is 1.